The number of nitrogens with one attached hydrogen (secondary N) is 2. The number of piperazine rings is 1. The molecular weight excluding hydrogens is 246 g/mol. The van der Waals surface area contributed by atoms with Gasteiger partial charge in [0.25, 0.3) is 5.91 Å². The molecular formula is C13H19N3O3. The molecule has 2 amide bonds. The molecule has 1 atom stereocenters. The lowest BCUT2D eigenvalue weighted by atomic mass is 10.1. The second-order valence-electron chi connectivity index (χ2n) is 4.66. The molecule has 1 fully saturated rings. The predicted octanol–water partition coefficient (Wildman–Crippen LogP) is 0.0564. The SMILES string of the molecule is CNC(=O)C1CNCCN1C(=O)c1cc(C)oc1C. The molecule has 6 nitrogen and oxygen atoms in total. The summed E-state index contributed by atoms with van der Waals surface area (Å²) in [6, 6.07) is 1.25. The smallest absolute Gasteiger partial charge is 0.258 e. The molecule has 0 spiro atoms. The van der Waals surface area contributed by atoms with Crippen LogP contribution in [0.5, 0.6) is 0 Å². The third-order valence-electron chi connectivity index (χ3n) is 3.32. The first-order chi connectivity index (χ1) is 9.04. The molecule has 0 aromatic carbocycles. The van der Waals surface area contributed by atoms with Gasteiger partial charge in [0.1, 0.15) is 17.6 Å². The van der Waals surface area contributed by atoms with Crippen LogP contribution in [0.1, 0.15) is 21.9 Å². The Kier molecular flexibility index (Phi) is 3.90. The Labute approximate surface area is 112 Å². The van der Waals surface area contributed by atoms with Crippen molar-refractivity contribution in [2.75, 3.05) is 26.7 Å². The van der Waals surface area contributed by atoms with E-state index in [0.717, 1.165) is 0 Å². The number of likely N-dealkylation sites (N-methyl/N-ethyl adjacent to an activating group) is 1. The highest BCUT2D eigenvalue weighted by atomic mass is 16.3. The largest absolute Gasteiger partial charge is 0.466 e. The summed E-state index contributed by atoms with van der Waals surface area (Å²) < 4.78 is 5.38. The van der Waals surface area contributed by atoms with E-state index in [1.807, 2.05) is 0 Å². The Morgan fingerprint density at radius 3 is 2.79 bits per heavy atom. The number of hydrogen-bond acceptors (Lipinski definition) is 4. The minimum absolute atomic E-state index is 0.149. The number of carbonyl (C=O) groups is 2. The highest BCUT2D eigenvalue weighted by Gasteiger charge is 2.33. The number of hydrogen-bond donors (Lipinski definition) is 2. The van der Waals surface area contributed by atoms with Crippen LogP contribution in [0.15, 0.2) is 10.5 Å². The molecule has 0 saturated carbocycles. The lowest BCUT2D eigenvalue weighted by Gasteiger charge is -2.34. The fourth-order valence-corrected chi connectivity index (χ4v) is 2.35. The average Bonchev–Trinajstić information content (AvgIpc) is 2.76. The van der Waals surface area contributed by atoms with E-state index in [-0.39, 0.29) is 11.8 Å². The van der Waals surface area contributed by atoms with Gasteiger partial charge in [0.2, 0.25) is 5.91 Å². The van der Waals surface area contributed by atoms with Crippen LogP contribution in [-0.4, -0.2) is 49.4 Å². The van der Waals surface area contributed by atoms with E-state index in [2.05, 4.69) is 10.6 Å². The number of aryl methyl sites for hydroxylation is 2. The quantitative estimate of drug-likeness (QED) is 0.793. The standard InChI is InChI=1S/C13H19N3O3/c1-8-6-10(9(2)19-8)13(18)16-5-4-15-7-11(16)12(17)14-3/h6,11,15H,4-5,7H2,1-3H3,(H,14,17). The van der Waals surface area contributed by atoms with Gasteiger partial charge in [0, 0.05) is 26.7 Å². The van der Waals surface area contributed by atoms with Crippen molar-refractivity contribution >= 4 is 11.8 Å². The Morgan fingerprint density at radius 1 is 1.47 bits per heavy atom. The molecule has 2 N–H and O–H groups in total. The first kappa shape index (κ1) is 13.6. The van der Waals surface area contributed by atoms with Crippen LogP contribution in [0.4, 0.5) is 0 Å². The van der Waals surface area contributed by atoms with Gasteiger partial charge >= 0.3 is 0 Å². The molecule has 19 heavy (non-hydrogen) atoms. The summed E-state index contributed by atoms with van der Waals surface area (Å²) in [7, 11) is 1.58. The lowest BCUT2D eigenvalue weighted by molar-refractivity contribution is -0.125. The molecule has 1 aromatic rings. The fourth-order valence-electron chi connectivity index (χ4n) is 2.35. The van der Waals surface area contributed by atoms with E-state index >= 15 is 0 Å². The molecule has 2 heterocycles. The van der Waals surface area contributed by atoms with E-state index in [4.69, 9.17) is 4.42 Å². The van der Waals surface area contributed by atoms with Crippen LogP contribution in [-0.2, 0) is 4.79 Å². The monoisotopic (exact) mass is 265 g/mol. The Morgan fingerprint density at radius 2 is 2.21 bits per heavy atom. The summed E-state index contributed by atoms with van der Waals surface area (Å²) in [4.78, 5) is 26.0. The maximum Gasteiger partial charge on any atom is 0.258 e. The van der Waals surface area contributed by atoms with Crippen molar-refractivity contribution in [2.45, 2.75) is 19.9 Å². The number of rotatable bonds is 2. The van der Waals surface area contributed by atoms with Crippen LogP contribution in [0.3, 0.4) is 0 Å². The first-order valence-electron chi connectivity index (χ1n) is 6.35. The normalized spacial score (nSPS) is 19.3. The Hall–Kier alpha value is -1.82. The van der Waals surface area contributed by atoms with Gasteiger partial charge in [-0.2, -0.15) is 0 Å². The van der Waals surface area contributed by atoms with E-state index in [1.165, 1.54) is 0 Å². The molecule has 1 unspecified atom stereocenters. The number of furan rings is 1. The van der Waals surface area contributed by atoms with E-state index in [1.54, 1.807) is 31.9 Å². The zero-order chi connectivity index (χ0) is 14.0. The molecule has 1 aliphatic heterocycles. The zero-order valence-corrected chi connectivity index (χ0v) is 11.4. The molecule has 1 aliphatic rings. The third-order valence-corrected chi connectivity index (χ3v) is 3.32. The van der Waals surface area contributed by atoms with Crippen LogP contribution >= 0.6 is 0 Å². The van der Waals surface area contributed by atoms with Crippen LogP contribution in [0.2, 0.25) is 0 Å². The second-order valence-corrected chi connectivity index (χ2v) is 4.66. The molecule has 104 valence electrons. The number of carbonyl (C=O) groups excluding carboxylic acids is 2. The second kappa shape index (κ2) is 5.44. The minimum Gasteiger partial charge on any atom is -0.466 e. The van der Waals surface area contributed by atoms with Crippen molar-refractivity contribution < 1.29 is 14.0 Å². The van der Waals surface area contributed by atoms with Crippen LogP contribution < -0.4 is 10.6 Å². The fraction of sp³-hybridized carbons (Fsp3) is 0.538. The molecule has 1 saturated heterocycles. The van der Waals surface area contributed by atoms with Gasteiger partial charge in [-0.3, -0.25) is 9.59 Å². The van der Waals surface area contributed by atoms with Gasteiger partial charge in [0.15, 0.2) is 0 Å². The maximum absolute atomic E-state index is 12.5. The van der Waals surface area contributed by atoms with E-state index in [0.29, 0.717) is 36.7 Å². The third kappa shape index (κ3) is 2.63. The Bertz CT molecular complexity index is 495. The van der Waals surface area contributed by atoms with Gasteiger partial charge in [-0.05, 0) is 19.9 Å². The first-order valence-corrected chi connectivity index (χ1v) is 6.35. The molecule has 0 aliphatic carbocycles. The van der Waals surface area contributed by atoms with Gasteiger partial charge in [0.05, 0.1) is 5.56 Å². The summed E-state index contributed by atoms with van der Waals surface area (Å²) in [6.07, 6.45) is 0. The minimum atomic E-state index is -0.471. The van der Waals surface area contributed by atoms with Gasteiger partial charge in [-0.1, -0.05) is 0 Å². The summed E-state index contributed by atoms with van der Waals surface area (Å²) in [5, 5.41) is 5.72. The summed E-state index contributed by atoms with van der Waals surface area (Å²) in [6.45, 7) is 5.24. The summed E-state index contributed by atoms with van der Waals surface area (Å²) in [5.74, 6) is 0.993. The number of amides is 2. The van der Waals surface area contributed by atoms with Crippen molar-refractivity contribution in [1.29, 1.82) is 0 Å². The summed E-state index contributed by atoms with van der Waals surface area (Å²) in [5.41, 5.74) is 0.535. The molecule has 6 heteroatoms. The van der Waals surface area contributed by atoms with Crippen LogP contribution in [0, 0.1) is 13.8 Å². The van der Waals surface area contributed by atoms with Crippen molar-refractivity contribution in [3.05, 3.63) is 23.2 Å². The molecule has 0 radical (unpaired) electrons. The predicted molar refractivity (Wildman–Crippen MR) is 69.9 cm³/mol. The number of nitrogens with zero attached hydrogens (tertiary/aromatic N) is 1. The van der Waals surface area contributed by atoms with Crippen LogP contribution in [0.25, 0.3) is 0 Å². The van der Waals surface area contributed by atoms with Gasteiger partial charge in [-0.15, -0.1) is 0 Å². The molecule has 1 aromatic heterocycles. The van der Waals surface area contributed by atoms with Gasteiger partial charge < -0.3 is 20.0 Å². The van der Waals surface area contributed by atoms with E-state index < -0.39 is 6.04 Å². The highest BCUT2D eigenvalue weighted by molar-refractivity contribution is 5.98. The molecule has 2 rings (SSSR count). The Balaban J connectivity index is 2.25. The average molecular weight is 265 g/mol. The van der Waals surface area contributed by atoms with Crippen molar-refractivity contribution in [3.8, 4) is 0 Å². The summed E-state index contributed by atoms with van der Waals surface area (Å²) >= 11 is 0. The topological polar surface area (TPSA) is 74.6 Å². The van der Waals surface area contributed by atoms with E-state index in [9.17, 15) is 9.59 Å². The zero-order valence-electron chi connectivity index (χ0n) is 11.4. The van der Waals surface area contributed by atoms with Gasteiger partial charge in [-0.25, -0.2) is 0 Å². The highest BCUT2D eigenvalue weighted by Crippen LogP contribution is 2.18. The van der Waals surface area contributed by atoms with Crippen molar-refractivity contribution in [3.63, 3.8) is 0 Å². The lowest BCUT2D eigenvalue weighted by Crippen LogP contribution is -2.59. The molecule has 0 bridgehead atoms. The van der Waals surface area contributed by atoms with Crippen molar-refractivity contribution in [2.24, 2.45) is 0 Å². The maximum atomic E-state index is 12.5. The van der Waals surface area contributed by atoms with Crippen molar-refractivity contribution in [1.82, 2.24) is 15.5 Å².